The minimum absolute atomic E-state index is 0.0367. The fourth-order valence-corrected chi connectivity index (χ4v) is 2.96. The van der Waals surface area contributed by atoms with Gasteiger partial charge < -0.3 is 15.0 Å². The SMILES string of the molecule is COc1ccc(N2CC(C(=O)Nc3ccc(C)c(C)c3)CC2=O)cc1. The Balaban J connectivity index is 1.68. The van der Waals surface area contributed by atoms with Crippen LogP contribution in [0.2, 0.25) is 0 Å². The molecular formula is C20H22N2O3. The highest BCUT2D eigenvalue weighted by atomic mass is 16.5. The Morgan fingerprint density at radius 3 is 2.48 bits per heavy atom. The van der Waals surface area contributed by atoms with Crippen LogP contribution < -0.4 is 15.0 Å². The topological polar surface area (TPSA) is 58.6 Å². The van der Waals surface area contributed by atoms with E-state index in [-0.39, 0.29) is 24.2 Å². The second kappa shape index (κ2) is 6.97. The van der Waals surface area contributed by atoms with Gasteiger partial charge in [0.15, 0.2) is 0 Å². The van der Waals surface area contributed by atoms with Crippen LogP contribution in [0.15, 0.2) is 42.5 Å². The summed E-state index contributed by atoms with van der Waals surface area (Å²) in [7, 11) is 1.60. The lowest BCUT2D eigenvalue weighted by Gasteiger charge is -2.17. The molecule has 1 saturated heterocycles. The van der Waals surface area contributed by atoms with Crippen molar-refractivity contribution in [3.8, 4) is 5.75 Å². The highest BCUT2D eigenvalue weighted by Crippen LogP contribution is 2.27. The summed E-state index contributed by atoms with van der Waals surface area (Å²) in [5.74, 6) is 0.230. The van der Waals surface area contributed by atoms with E-state index in [1.54, 1.807) is 12.0 Å². The molecule has 1 unspecified atom stereocenters. The number of nitrogens with one attached hydrogen (secondary N) is 1. The van der Waals surface area contributed by atoms with E-state index in [9.17, 15) is 9.59 Å². The van der Waals surface area contributed by atoms with Gasteiger partial charge in [-0.1, -0.05) is 6.07 Å². The summed E-state index contributed by atoms with van der Waals surface area (Å²) in [6.45, 7) is 4.43. The summed E-state index contributed by atoms with van der Waals surface area (Å²) in [6.07, 6.45) is 0.225. The molecule has 2 aromatic carbocycles. The zero-order valence-electron chi connectivity index (χ0n) is 14.7. The van der Waals surface area contributed by atoms with E-state index >= 15 is 0 Å². The summed E-state index contributed by atoms with van der Waals surface area (Å²) in [5.41, 5.74) is 3.86. The molecule has 25 heavy (non-hydrogen) atoms. The van der Waals surface area contributed by atoms with Crippen LogP contribution in [0.5, 0.6) is 5.75 Å². The monoisotopic (exact) mass is 338 g/mol. The Hall–Kier alpha value is -2.82. The van der Waals surface area contributed by atoms with Gasteiger partial charge >= 0.3 is 0 Å². The maximum Gasteiger partial charge on any atom is 0.229 e. The predicted octanol–water partition coefficient (Wildman–Crippen LogP) is 3.30. The molecular weight excluding hydrogens is 316 g/mol. The van der Waals surface area contributed by atoms with Gasteiger partial charge in [-0.25, -0.2) is 0 Å². The van der Waals surface area contributed by atoms with Crippen molar-refractivity contribution in [2.75, 3.05) is 23.9 Å². The van der Waals surface area contributed by atoms with Crippen molar-refractivity contribution < 1.29 is 14.3 Å². The number of anilines is 2. The van der Waals surface area contributed by atoms with Crippen LogP contribution >= 0.6 is 0 Å². The van der Waals surface area contributed by atoms with Gasteiger partial charge in [-0.3, -0.25) is 9.59 Å². The molecule has 130 valence electrons. The van der Waals surface area contributed by atoms with Crippen molar-refractivity contribution >= 4 is 23.2 Å². The number of amides is 2. The first-order chi connectivity index (χ1) is 12.0. The van der Waals surface area contributed by atoms with Gasteiger partial charge in [-0.05, 0) is 61.4 Å². The van der Waals surface area contributed by atoms with Crippen molar-refractivity contribution in [1.29, 1.82) is 0 Å². The van der Waals surface area contributed by atoms with Crippen molar-refractivity contribution in [2.45, 2.75) is 20.3 Å². The summed E-state index contributed by atoms with van der Waals surface area (Å²) in [6, 6.07) is 13.1. The quantitative estimate of drug-likeness (QED) is 0.930. The molecule has 2 aromatic rings. The van der Waals surface area contributed by atoms with Gasteiger partial charge in [0, 0.05) is 24.3 Å². The first kappa shape index (κ1) is 17.0. The number of hydrogen-bond donors (Lipinski definition) is 1. The third-order valence-corrected chi connectivity index (χ3v) is 4.65. The van der Waals surface area contributed by atoms with Crippen LogP contribution in [-0.2, 0) is 9.59 Å². The maximum atomic E-state index is 12.5. The molecule has 1 atom stereocenters. The van der Waals surface area contributed by atoms with E-state index < -0.39 is 0 Å². The first-order valence-corrected chi connectivity index (χ1v) is 8.30. The Kier molecular flexibility index (Phi) is 4.74. The van der Waals surface area contributed by atoms with Crippen molar-refractivity contribution in [1.82, 2.24) is 0 Å². The van der Waals surface area contributed by atoms with E-state index in [1.807, 2.05) is 56.3 Å². The molecule has 0 saturated carbocycles. The largest absolute Gasteiger partial charge is 0.497 e. The fraction of sp³-hybridized carbons (Fsp3) is 0.300. The molecule has 0 radical (unpaired) electrons. The second-order valence-corrected chi connectivity index (χ2v) is 6.39. The zero-order valence-corrected chi connectivity index (χ0v) is 14.7. The molecule has 0 aliphatic carbocycles. The van der Waals surface area contributed by atoms with E-state index in [2.05, 4.69) is 5.32 Å². The number of carbonyl (C=O) groups is 2. The van der Waals surface area contributed by atoms with Crippen LogP contribution in [-0.4, -0.2) is 25.5 Å². The molecule has 1 fully saturated rings. The zero-order chi connectivity index (χ0) is 18.0. The van der Waals surface area contributed by atoms with Gasteiger partial charge in [0.05, 0.1) is 13.0 Å². The van der Waals surface area contributed by atoms with Crippen LogP contribution in [0.4, 0.5) is 11.4 Å². The summed E-state index contributed by atoms with van der Waals surface area (Å²) < 4.78 is 5.13. The molecule has 0 aromatic heterocycles. The third kappa shape index (κ3) is 3.65. The van der Waals surface area contributed by atoms with Crippen LogP contribution in [0.3, 0.4) is 0 Å². The Labute approximate surface area is 147 Å². The fourth-order valence-electron chi connectivity index (χ4n) is 2.96. The lowest BCUT2D eigenvalue weighted by Crippen LogP contribution is -2.28. The van der Waals surface area contributed by atoms with Crippen LogP contribution in [0, 0.1) is 19.8 Å². The smallest absolute Gasteiger partial charge is 0.229 e. The minimum atomic E-state index is -0.351. The molecule has 5 nitrogen and oxygen atoms in total. The number of hydrogen-bond acceptors (Lipinski definition) is 3. The van der Waals surface area contributed by atoms with Crippen molar-refractivity contribution in [2.24, 2.45) is 5.92 Å². The molecule has 3 rings (SSSR count). The maximum absolute atomic E-state index is 12.5. The molecule has 1 aliphatic heterocycles. The Morgan fingerprint density at radius 1 is 1.12 bits per heavy atom. The third-order valence-electron chi connectivity index (χ3n) is 4.65. The number of ether oxygens (including phenoxy) is 1. The molecule has 0 spiro atoms. The Bertz CT molecular complexity index is 799. The average molecular weight is 338 g/mol. The molecule has 2 amide bonds. The summed E-state index contributed by atoms with van der Waals surface area (Å²) >= 11 is 0. The number of carbonyl (C=O) groups excluding carboxylic acids is 2. The van der Waals surface area contributed by atoms with E-state index in [0.717, 1.165) is 22.7 Å². The highest BCUT2D eigenvalue weighted by molar-refractivity contribution is 6.03. The minimum Gasteiger partial charge on any atom is -0.497 e. The number of rotatable bonds is 4. The molecule has 5 heteroatoms. The Morgan fingerprint density at radius 2 is 1.84 bits per heavy atom. The van der Waals surface area contributed by atoms with Crippen LogP contribution in [0.25, 0.3) is 0 Å². The molecule has 1 heterocycles. The van der Waals surface area contributed by atoms with E-state index in [4.69, 9.17) is 4.74 Å². The summed E-state index contributed by atoms with van der Waals surface area (Å²) in [4.78, 5) is 26.5. The van der Waals surface area contributed by atoms with E-state index in [0.29, 0.717) is 6.54 Å². The van der Waals surface area contributed by atoms with Gasteiger partial charge in [-0.15, -0.1) is 0 Å². The number of nitrogens with zero attached hydrogens (tertiary/aromatic N) is 1. The van der Waals surface area contributed by atoms with Gasteiger partial charge in [0.25, 0.3) is 0 Å². The molecule has 1 N–H and O–H groups in total. The number of methoxy groups -OCH3 is 1. The van der Waals surface area contributed by atoms with Gasteiger partial charge in [-0.2, -0.15) is 0 Å². The highest BCUT2D eigenvalue weighted by Gasteiger charge is 2.35. The average Bonchev–Trinajstić information content (AvgIpc) is 3.00. The van der Waals surface area contributed by atoms with Crippen molar-refractivity contribution in [3.05, 3.63) is 53.6 Å². The summed E-state index contributed by atoms with van der Waals surface area (Å²) in [5, 5.41) is 2.92. The second-order valence-electron chi connectivity index (χ2n) is 6.39. The van der Waals surface area contributed by atoms with E-state index in [1.165, 1.54) is 5.56 Å². The van der Waals surface area contributed by atoms with Crippen molar-refractivity contribution in [3.63, 3.8) is 0 Å². The normalized spacial score (nSPS) is 16.8. The first-order valence-electron chi connectivity index (χ1n) is 8.30. The van der Waals surface area contributed by atoms with Gasteiger partial charge in [0.2, 0.25) is 11.8 Å². The lowest BCUT2D eigenvalue weighted by atomic mass is 10.1. The molecule has 0 bridgehead atoms. The standard InChI is InChI=1S/C20H22N2O3/c1-13-4-5-16(10-14(13)2)21-20(24)15-11-19(23)22(12-15)17-6-8-18(25-3)9-7-17/h4-10,15H,11-12H2,1-3H3,(H,21,24). The number of benzene rings is 2. The number of aryl methyl sites for hydroxylation is 2. The van der Waals surface area contributed by atoms with Crippen LogP contribution in [0.1, 0.15) is 17.5 Å². The predicted molar refractivity (Wildman–Crippen MR) is 98.0 cm³/mol. The van der Waals surface area contributed by atoms with Gasteiger partial charge in [0.1, 0.15) is 5.75 Å². The molecule has 1 aliphatic rings. The lowest BCUT2D eigenvalue weighted by molar-refractivity contribution is -0.122.